The Kier molecular flexibility index (Phi) is 8.71. The molecule has 5 heterocycles. The molecule has 0 aliphatic carbocycles. The Balaban J connectivity index is 1.14. The van der Waals surface area contributed by atoms with E-state index in [1.165, 1.54) is 27.3 Å². The zero-order chi connectivity index (χ0) is 34.5. The molecule has 2 atom stereocenters. The lowest BCUT2D eigenvalue weighted by Gasteiger charge is -2.45. The van der Waals surface area contributed by atoms with Crippen molar-refractivity contribution >= 4 is 11.5 Å². The Hall–Kier alpha value is -4.32. The van der Waals surface area contributed by atoms with Crippen molar-refractivity contribution < 1.29 is 31.1 Å². The van der Waals surface area contributed by atoms with E-state index in [0.717, 1.165) is 50.3 Å². The van der Waals surface area contributed by atoms with Crippen LogP contribution in [0.2, 0.25) is 0 Å². The molecule has 2 fully saturated rings. The molecule has 3 aliphatic heterocycles. The second-order valence-corrected chi connectivity index (χ2v) is 13.3. The van der Waals surface area contributed by atoms with Gasteiger partial charge in [0.2, 0.25) is 0 Å². The Labute approximate surface area is 280 Å². The van der Waals surface area contributed by atoms with E-state index >= 15 is 0 Å². The normalized spacial score (nSPS) is 20.6. The average molecular weight is 682 g/mol. The summed E-state index contributed by atoms with van der Waals surface area (Å²) in [7, 11) is 2.07. The summed E-state index contributed by atoms with van der Waals surface area (Å²) in [5, 5.41) is 0. The van der Waals surface area contributed by atoms with Crippen LogP contribution in [0.25, 0.3) is 5.57 Å². The van der Waals surface area contributed by atoms with E-state index in [4.69, 9.17) is 4.98 Å². The monoisotopic (exact) mass is 681 g/mol. The van der Waals surface area contributed by atoms with Crippen molar-refractivity contribution in [3.63, 3.8) is 0 Å². The van der Waals surface area contributed by atoms with Crippen LogP contribution in [0.4, 0.5) is 26.3 Å². The zero-order valence-electron chi connectivity index (χ0n) is 27.1. The van der Waals surface area contributed by atoms with Gasteiger partial charge in [-0.2, -0.15) is 26.3 Å². The number of aromatic nitrogens is 3. The Morgan fingerprint density at radius 3 is 2.22 bits per heavy atom. The van der Waals surface area contributed by atoms with Gasteiger partial charge >= 0.3 is 12.4 Å². The second-order valence-electron chi connectivity index (χ2n) is 13.3. The first-order chi connectivity index (χ1) is 23.4. The summed E-state index contributed by atoms with van der Waals surface area (Å²) < 4.78 is 86.3. The maximum atomic E-state index is 13.8. The zero-order valence-corrected chi connectivity index (χ0v) is 27.1. The smallest absolute Gasteiger partial charge is 0.354 e. The average Bonchev–Trinajstić information content (AvgIpc) is 3.65. The molecule has 6 nitrogen and oxygen atoms in total. The van der Waals surface area contributed by atoms with Gasteiger partial charge in [0.15, 0.2) is 0 Å². The number of carbonyl (C=O) groups excluding carboxylic acids is 1. The molecule has 2 aromatic carbocycles. The van der Waals surface area contributed by atoms with Crippen molar-refractivity contribution in [3.05, 3.63) is 118 Å². The summed E-state index contributed by atoms with van der Waals surface area (Å²) in [6.45, 7) is 2.71. The number of benzene rings is 2. The number of alkyl halides is 6. The van der Waals surface area contributed by atoms with Crippen LogP contribution in [0.5, 0.6) is 0 Å². The topological polar surface area (TPSA) is 46.3 Å². The van der Waals surface area contributed by atoms with E-state index < -0.39 is 41.0 Å². The third kappa shape index (κ3) is 6.67. The maximum absolute atomic E-state index is 13.8. The van der Waals surface area contributed by atoms with Crippen LogP contribution in [-0.2, 0) is 38.8 Å². The Morgan fingerprint density at radius 2 is 1.55 bits per heavy atom. The number of halogens is 6. The van der Waals surface area contributed by atoms with Gasteiger partial charge < -0.3 is 14.0 Å². The van der Waals surface area contributed by atoms with Gasteiger partial charge in [-0.15, -0.1) is 0 Å². The number of likely N-dealkylation sites (tertiary alicyclic amines) is 2. The third-order valence-electron chi connectivity index (χ3n) is 10.4. The summed E-state index contributed by atoms with van der Waals surface area (Å²) in [5.74, 6) is 0.176. The number of fused-ring (bicyclic) bond motifs is 2. The predicted octanol–water partition coefficient (Wildman–Crippen LogP) is 7.63. The number of piperidine rings is 2. The molecular weight excluding hydrogens is 644 g/mol. The molecule has 258 valence electrons. The van der Waals surface area contributed by atoms with Crippen LogP contribution in [0, 0.1) is 0 Å². The first-order valence-corrected chi connectivity index (χ1v) is 16.6. The molecule has 7 rings (SSSR count). The molecule has 0 radical (unpaired) electrons. The van der Waals surface area contributed by atoms with E-state index in [9.17, 15) is 31.1 Å². The third-order valence-corrected chi connectivity index (χ3v) is 10.4. The molecule has 0 N–H and O–H groups in total. The van der Waals surface area contributed by atoms with E-state index in [2.05, 4.69) is 33.3 Å². The van der Waals surface area contributed by atoms with Crippen molar-refractivity contribution in [1.82, 2.24) is 23.9 Å². The molecule has 1 amide bonds. The molecule has 0 bridgehead atoms. The van der Waals surface area contributed by atoms with Crippen molar-refractivity contribution in [2.75, 3.05) is 19.6 Å². The van der Waals surface area contributed by atoms with Gasteiger partial charge in [0.05, 0.1) is 11.1 Å². The fraction of sp³-hybridized carbons (Fsp3) is 0.405. The number of hydrogen-bond acceptors (Lipinski definition) is 3. The number of amides is 1. The van der Waals surface area contributed by atoms with Gasteiger partial charge in [-0.3, -0.25) is 9.69 Å². The number of hydrogen-bond donors (Lipinski definition) is 0. The summed E-state index contributed by atoms with van der Waals surface area (Å²) in [5.41, 5.74) is 2.45. The molecule has 49 heavy (non-hydrogen) atoms. The molecule has 12 heteroatoms. The minimum absolute atomic E-state index is 0.0609. The minimum Gasteiger partial charge on any atom is -0.354 e. The molecule has 0 unspecified atom stereocenters. The highest BCUT2D eigenvalue weighted by atomic mass is 19.4. The SMILES string of the molecule is Cn1ccc2c1CCn1ccnc1C2=C1CCN([C@H]2CCN(C(=O)c3cc(C(F)(F)F)cc(C(F)(F)F)c3)[C@@H](Cc3ccccc3)C2)CC1. The minimum atomic E-state index is -5.03. The van der Waals surface area contributed by atoms with Crippen molar-refractivity contribution in [2.24, 2.45) is 7.05 Å². The standard InChI is InChI=1S/C37H37F6N5O/c1-45-13-10-31-32(45)11-16-47-18-12-44-34(47)33(31)25-7-14-46(15-8-25)29-9-17-48(30(23-29)19-24-5-3-2-4-6-24)35(49)26-20-27(36(38,39)40)22-28(21-26)37(41,42)43/h2-6,10,12-13,18,20-22,29-30H,7-9,11,14-17,19,23H2,1H3/t29-,30-/m0/s1. The van der Waals surface area contributed by atoms with Crippen LogP contribution in [0.3, 0.4) is 0 Å². The Morgan fingerprint density at radius 1 is 0.857 bits per heavy atom. The molecule has 0 spiro atoms. The molecule has 2 saturated heterocycles. The molecule has 2 aromatic heterocycles. The van der Waals surface area contributed by atoms with Crippen molar-refractivity contribution in [2.45, 2.75) is 69.5 Å². The number of rotatable bonds is 4. The molecule has 3 aliphatic rings. The van der Waals surface area contributed by atoms with Crippen LogP contribution >= 0.6 is 0 Å². The number of carbonyl (C=O) groups is 1. The van der Waals surface area contributed by atoms with Gasteiger partial charge in [-0.1, -0.05) is 35.9 Å². The highest BCUT2D eigenvalue weighted by Gasteiger charge is 2.40. The van der Waals surface area contributed by atoms with Gasteiger partial charge in [0, 0.05) is 92.7 Å². The van der Waals surface area contributed by atoms with Gasteiger partial charge in [-0.05, 0) is 61.9 Å². The molecule has 0 saturated carbocycles. The first-order valence-electron chi connectivity index (χ1n) is 16.6. The highest BCUT2D eigenvalue weighted by Crippen LogP contribution is 2.39. The summed E-state index contributed by atoms with van der Waals surface area (Å²) >= 11 is 0. The van der Waals surface area contributed by atoms with Crippen LogP contribution in [0.1, 0.15) is 69.8 Å². The van der Waals surface area contributed by atoms with Crippen LogP contribution in [0.15, 0.2) is 78.8 Å². The van der Waals surface area contributed by atoms with E-state index in [0.29, 0.717) is 31.4 Å². The lowest BCUT2D eigenvalue weighted by atomic mass is 9.87. The second kappa shape index (κ2) is 12.9. The number of imidazole rings is 1. The van der Waals surface area contributed by atoms with Crippen LogP contribution in [-0.4, -0.2) is 61.5 Å². The summed E-state index contributed by atoms with van der Waals surface area (Å²) in [6.07, 6.45) is 0.107. The number of nitrogens with zero attached hydrogens (tertiary/aromatic N) is 5. The van der Waals surface area contributed by atoms with Crippen molar-refractivity contribution in [3.8, 4) is 0 Å². The summed E-state index contributed by atoms with van der Waals surface area (Å²) in [6, 6.07) is 12.5. The fourth-order valence-corrected chi connectivity index (χ4v) is 7.88. The van der Waals surface area contributed by atoms with Crippen molar-refractivity contribution in [1.29, 1.82) is 0 Å². The Bertz CT molecular complexity index is 1830. The van der Waals surface area contributed by atoms with E-state index in [1.807, 2.05) is 42.7 Å². The summed E-state index contributed by atoms with van der Waals surface area (Å²) in [4.78, 5) is 22.5. The quantitative estimate of drug-likeness (QED) is 0.208. The lowest BCUT2D eigenvalue weighted by molar-refractivity contribution is -0.143. The fourth-order valence-electron chi connectivity index (χ4n) is 7.88. The molecular formula is C37H37F6N5O. The maximum Gasteiger partial charge on any atom is 0.416 e. The van der Waals surface area contributed by atoms with Gasteiger partial charge in [0.25, 0.3) is 5.91 Å². The van der Waals surface area contributed by atoms with Gasteiger partial charge in [0.1, 0.15) is 5.82 Å². The lowest BCUT2D eigenvalue weighted by Crippen LogP contribution is -2.53. The first kappa shape index (κ1) is 33.2. The van der Waals surface area contributed by atoms with E-state index in [-0.39, 0.29) is 18.7 Å². The highest BCUT2D eigenvalue weighted by molar-refractivity contribution is 5.95. The largest absolute Gasteiger partial charge is 0.416 e. The molecule has 4 aromatic rings. The van der Waals surface area contributed by atoms with Crippen LogP contribution < -0.4 is 0 Å². The van der Waals surface area contributed by atoms with Gasteiger partial charge in [-0.25, -0.2) is 4.98 Å². The van der Waals surface area contributed by atoms with E-state index in [1.54, 1.807) is 0 Å². The number of aryl methyl sites for hydroxylation is 2. The predicted molar refractivity (Wildman–Crippen MR) is 173 cm³/mol.